The van der Waals surface area contributed by atoms with Crippen molar-refractivity contribution in [3.63, 3.8) is 0 Å². The van der Waals surface area contributed by atoms with E-state index in [9.17, 15) is 20.1 Å². The number of benzene rings is 1. The van der Waals surface area contributed by atoms with Gasteiger partial charge in [-0.25, -0.2) is 4.79 Å². The van der Waals surface area contributed by atoms with Crippen molar-refractivity contribution in [1.82, 2.24) is 0 Å². The fourth-order valence-corrected chi connectivity index (χ4v) is 1.63. The van der Waals surface area contributed by atoms with Gasteiger partial charge in [-0.05, 0) is 24.3 Å². The van der Waals surface area contributed by atoms with Crippen molar-refractivity contribution in [3.8, 4) is 5.75 Å². The summed E-state index contributed by atoms with van der Waals surface area (Å²) in [4.78, 5) is 11.7. The van der Waals surface area contributed by atoms with Gasteiger partial charge >= 0.3 is 5.97 Å². The van der Waals surface area contributed by atoms with Gasteiger partial charge in [0.1, 0.15) is 36.8 Å². The van der Waals surface area contributed by atoms with Crippen molar-refractivity contribution in [2.75, 3.05) is 20.3 Å². The van der Waals surface area contributed by atoms with Crippen molar-refractivity contribution >= 4 is 5.97 Å². The normalized spacial score (nSPS) is 16.5. The molecule has 0 amide bonds. The minimum absolute atomic E-state index is 0.221. The molecule has 5 N–H and O–H groups in total. The Labute approximate surface area is 127 Å². The summed E-state index contributed by atoms with van der Waals surface area (Å²) in [6.07, 6.45) is -6.76. The number of ether oxygens (including phenoxy) is 2. The highest BCUT2D eigenvalue weighted by Crippen LogP contribution is 2.13. The van der Waals surface area contributed by atoms with Gasteiger partial charge in [-0.3, -0.25) is 0 Å². The number of methoxy groups -OCH3 is 1. The smallest absolute Gasteiger partial charge is 0.338 e. The van der Waals surface area contributed by atoms with E-state index in [4.69, 9.17) is 19.7 Å². The molecule has 0 aliphatic rings. The number of esters is 1. The van der Waals surface area contributed by atoms with Crippen LogP contribution in [0.1, 0.15) is 10.4 Å². The second kappa shape index (κ2) is 8.66. The molecule has 8 nitrogen and oxygen atoms in total. The van der Waals surface area contributed by atoms with E-state index in [1.165, 1.54) is 19.2 Å². The molecule has 0 unspecified atom stereocenters. The molecule has 22 heavy (non-hydrogen) atoms. The summed E-state index contributed by atoms with van der Waals surface area (Å²) in [6.45, 7) is -1.36. The van der Waals surface area contributed by atoms with E-state index in [0.717, 1.165) is 0 Å². The number of rotatable bonds is 8. The zero-order valence-electron chi connectivity index (χ0n) is 12.0. The maximum absolute atomic E-state index is 11.7. The van der Waals surface area contributed by atoms with E-state index in [1.54, 1.807) is 12.1 Å². The van der Waals surface area contributed by atoms with Crippen molar-refractivity contribution in [2.45, 2.75) is 24.4 Å². The van der Waals surface area contributed by atoms with E-state index < -0.39 is 43.6 Å². The third kappa shape index (κ3) is 4.93. The van der Waals surface area contributed by atoms with Crippen LogP contribution in [-0.4, -0.2) is 76.2 Å². The molecule has 1 aromatic carbocycles. The van der Waals surface area contributed by atoms with E-state index >= 15 is 0 Å². The second-order valence-corrected chi connectivity index (χ2v) is 4.63. The summed E-state index contributed by atoms with van der Waals surface area (Å²) in [5.41, 5.74) is 0.221. The van der Waals surface area contributed by atoms with E-state index in [-0.39, 0.29) is 5.56 Å². The lowest BCUT2D eigenvalue weighted by molar-refractivity contribution is -0.124. The van der Waals surface area contributed by atoms with E-state index in [2.05, 4.69) is 0 Å². The Kier molecular flexibility index (Phi) is 7.22. The number of aliphatic hydroxyl groups is 5. The molecule has 124 valence electrons. The Hall–Kier alpha value is -1.71. The minimum atomic E-state index is -1.77. The molecule has 0 saturated heterocycles. The maximum atomic E-state index is 11.7. The van der Waals surface area contributed by atoms with Crippen LogP contribution in [0.4, 0.5) is 0 Å². The van der Waals surface area contributed by atoms with Gasteiger partial charge in [0.05, 0.1) is 19.3 Å². The highest BCUT2D eigenvalue weighted by Gasteiger charge is 2.30. The lowest BCUT2D eigenvalue weighted by Crippen LogP contribution is -2.47. The standard InChI is InChI=1S/C14H20O8/c1-21-9-4-2-8(3-5-9)14(20)22-7-11(17)13(19)12(18)10(16)6-15/h2-5,10-13,15-19H,6-7H2,1H3/t10-,11-,12-,13-/m1/s1. The molecule has 4 atom stereocenters. The van der Waals surface area contributed by atoms with Crippen LogP contribution < -0.4 is 4.74 Å². The maximum Gasteiger partial charge on any atom is 0.338 e. The van der Waals surface area contributed by atoms with Gasteiger partial charge < -0.3 is 35.0 Å². The zero-order valence-corrected chi connectivity index (χ0v) is 12.0. The Balaban J connectivity index is 2.51. The first kappa shape index (κ1) is 18.3. The molecular weight excluding hydrogens is 296 g/mol. The molecule has 0 heterocycles. The van der Waals surface area contributed by atoms with Crippen LogP contribution in [0, 0.1) is 0 Å². The van der Waals surface area contributed by atoms with Crippen LogP contribution in [0.15, 0.2) is 24.3 Å². The first-order chi connectivity index (χ1) is 10.4. The SMILES string of the molecule is COc1ccc(C(=O)OC[C@@H](O)[C@@H](O)[C@H](O)[C@H](O)CO)cc1. The van der Waals surface area contributed by atoms with Gasteiger partial charge in [0.25, 0.3) is 0 Å². The molecule has 8 heteroatoms. The van der Waals surface area contributed by atoms with Gasteiger partial charge in [-0.1, -0.05) is 0 Å². The first-order valence-corrected chi connectivity index (χ1v) is 6.55. The summed E-state index contributed by atoms with van der Waals surface area (Å²) < 4.78 is 9.74. The van der Waals surface area contributed by atoms with E-state index in [0.29, 0.717) is 5.75 Å². The number of carbonyl (C=O) groups is 1. The monoisotopic (exact) mass is 316 g/mol. The number of carbonyl (C=O) groups excluding carboxylic acids is 1. The highest BCUT2D eigenvalue weighted by molar-refractivity contribution is 5.89. The van der Waals surface area contributed by atoms with Gasteiger partial charge in [-0.2, -0.15) is 0 Å². The lowest BCUT2D eigenvalue weighted by Gasteiger charge is -2.25. The number of hydrogen-bond acceptors (Lipinski definition) is 8. The molecule has 0 radical (unpaired) electrons. The van der Waals surface area contributed by atoms with Crippen molar-refractivity contribution in [3.05, 3.63) is 29.8 Å². The van der Waals surface area contributed by atoms with Gasteiger partial charge in [0, 0.05) is 0 Å². The van der Waals surface area contributed by atoms with Gasteiger partial charge in [0.15, 0.2) is 0 Å². The van der Waals surface area contributed by atoms with E-state index in [1.807, 2.05) is 0 Å². The summed E-state index contributed by atoms with van der Waals surface area (Å²) in [7, 11) is 1.48. The molecule has 0 bridgehead atoms. The van der Waals surface area contributed by atoms with Crippen molar-refractivity contribution in [1.29, 1.82) is 0 Å². The summed E-state index contributed by atoms with van der Waals surface area (Å²) in [5.74, 6) is -0.167. The average molecular weight is 316 g/mol. The molecule has 1 rings (SSSR count). The Morgan fingerprint density at radius 2 is 1.59 bits per heavy atom. The highest BCUT2D eigenvalue weighted by atomic mass is 16.5. The predicted octanol–water partition coefficient (Wildman–Crippen LogP) is -1.71. The third-order valence-electron chi connectivity index (χ3n) is 3.04. The molecule has 0 saturated carbocycles. The molecule has 0 aliphatic heterocycles. The van der Waals surface area contributed by atoms with Crippen LogP contribution in [-0.2, 0) is 4.74 Å². The largest absolute Gasteiger partial charge is 0.497 e. The van der Waals surface area contributed by atoms with Crippen molar-refractivity contribution in [2.24, 2.45) is 0 Å². The topological polar surface area (TPSA) is 137 Å². The fraction of sp³-hybridized carbons (Fsp3) is 0.500. The predicted molar refractivity (Wildman–Crippen MR) is 74.4 cm³/mol. The molecule has 0 spiro atoms. The van der Waals surface area contributed by atoms with Crippen molar-refractivity contribution < 1.29 is 39.8 Å². The zero-order chi connectivity index (χ0) is 16.7. The van der Waals surface area contributed by atoms with Gasteiger partial charge in [-0.15, -0.1) is 0 Å². The molecule has 0 fully saturated rings. The number of aliphatic hydroxyl groups excluding tert-OH is 5. The Bertz CT molecular complexity index is 460. The van der Waals surface area contributed by atoms with Crippen LogP contribution in [0.25, 0.3) is 0 Å². The molecule has 0 aliphatic carbocycles. The molecule has 1 aromatic rings. The third-order valence-corrected chi connectivity index (χ3v) is 3.04. The first-order valence-electron chi connectivity index (χ1n) is 6.55. The second-order valence-electron chi connectivity index (χ2n) is 4.63. The summed E-state index contributed by atoms with van der Waals surface area (Å²) in [6, 6.07) is 6.05. The Morgan fingerprint density at radius 3 is 2.09 bits per heavy atom. The van der Waals surface area contributed by atoms with Crippen LogP contribution >= 0.6 is 0 Å². The lowest BCUT2D eigenvalue weighted by atomic mass is 10.0. The molecular formula is C14H20O8. The molecule has 0 aromatic heterocycles. The number of hydrogen-bond donors (Lipinski definition) is 5. The van der Waals surface area contributed by atoms with Gasteiger partial charge in [0.2, 0.25) is 0 Å². The summed E-state index contributed by atoms with van der Waals surface area (Å²) >= 11 is 0. The van der Waals surface area contributed by atoms with Crippen LogP contribution in [0.5, 0.6) is 5.75 Å². The van der Waals surface area contributed by atoms with Crippen LogP contribution in [0.2, 0.25) is 0 Å². The minimum Gasteiger partial charge on any atom is -0.497 e. The Morgan fingerprint density at radius 1 is 1.05 bits per heavy atom. The average Bonchev–Trinajstić information content (AvgIpc) is 2.57. The fourth-order valence-electron chi connectivity index (χ4n) is 1.63. The summed E-state index contributed by atoms with van der Waals surface area (Å²) in [5, 5.41) is 46.4. The quantitative estimate of drug-likeness (QED) is 0.358. The van der Waals surface area contributed by atoms with Crippen LogP contribution in [0.3, 0.4) is 0 Å².